The Morgan fingerprint density at radius 2 is 1.42 bits per heavy atom. The number of halogens is 2. The number of aliphatic imine (C=N–C) groups is 1. The van der Waals surface area contributed by atoms with Crippen molar-refractivity contribution < 1.29 is 28.3 Å². The van der Waals surface area contributed by atoms with Crippen LogP contribution >= 0.6 is 12.2 Å². The first-order valence-electron chi connectivity index (χ1n) is 7.33. The van der Waals surface area contributed by atoms with Crippen LogP contribution in [-0.2, 0) is 19.5 Å². The zero-order valence-corrected chi connectivity index (χ0v) is 15.8. The molecular formula is C21H10F2NRuS. The molecule has 0 fully saturated rings. The number of thiocarbonyl (C=S) groups is 1. The van der Waals surface area contributed by atoms with Gasteiger partial charge in [0.25, 0.3) is 0 Å². The van der Waals surface area contributed by atoms with Crippen molar-refractivity contribution in [1.82, 2.24) is 0 Å². The fourth-order valence-electron chi connectivity index (χ4n) is 2.26. The zero-order valence-electron chi connectivity index (χ0n) is 13.2. The third-order valence-electron chi connectivity index (χ3n) is 3.47. The van der Waals surface area contributed by atoms with Crippen molar-refractivity contribution in [3.05, 3.63) is 89.5 Å². The van der Waals surface area contributed by atoms with Gasteiger partial charge in [0.05, 0.1) is 16.4 Å². The zero-order chi connectivity index (χ0) is 17.6. The van der Waals surface area contributed by atoms with E-state index >= 15 is 0 Å². The Hall–Kier alpha value is -2.50. The Kier molecular flexibility index (Phi) is 7.07. The number of hydrogen-bond donors (Lipinski definition) is 0. The van der Waals surface area contributed by atoms with Crippen LogP contribution in [0.1, 0.15) is 11.1 Å². The molecule has 0 aromatic heterocycles. The summed E-state index contributed by atoms with van der Waals surface area (Å²) < 4.78 is 27.9. The van der Waals surface area contributed by atoms with Crippen molar-refractivity contribution in [2.75, 3.05) is 0 Å². The molecule has 0 unspecified atom stereocenters. The minimum Gasteiger partial charge on any atom is -0.205 e. The Balaban J connectivity index is 0.00000243. The molecular weight excluding hydrogens is 437 g/mol. The average molecular weight is 447 g/mol. The Bertz CT molecular complexity index is 992. The molecule has 3 aromatic rings. The van der Waals surface area contributed by atoms with Crippen molar-refractivity contribution in [1.29, 1.82) is 0 Å². The summed E-state index contributed by atoms with van der Waals surface area (Å²) >= 11 is 4.42. The molecule has 3 aromatic carbocycles. The van der Waals surface area contributed by atoms with Crippen LogP contribution in [0.25, 0.3) is 11.1 Å². The molecule has 0 aliphatic heterocycles. The van der Waals surface area contributed by atoms with Crippen LogP contribution in [0.2, 0.25) is 0 Å². The van der Waals surface area contributed by atoms with Crippen LogP contribution in [0, 0.1) is 29.5 Å². The van der Waals surface area contributed by atoms with Gasteiger partial charge in [-0.2, -0.15) is 35.3 Å². The third kappa shape index (κ3) is 4.78. The van der Waals surface area contributed by atoms with E-state index in [0.29, 0.717) is 5.56 Å². The van der Waals surface area contributed by atoms with Crippen LogP contribution in [0.15, 0.2) is 65.7 Å². The van der Waals surface area contributed by atoms with Crippen molar-refractivity contribution >= 4 is 23.1 Å². The predicted octanol–water partition coefficient (Wildman–Crippen LogP) is 5.56. The largest absolute Gasteiger partial charge is 1.00 e. The van der Waals surface area contributed by atoms with Crippen LogP contribution in [0.5, 0.6) is 0 Å². The van der Waals surface area contributed by atoms with Gasteiger partial charge in [-0.1, -0.05) is 24.0 Å². The van der Waals surface area contributed by atoms with E-state index in [1.165, 1.54) is 0 Å². The van der Waals surface area contributed by atoms with Gasteiger partial charge in [-0.3, -0.25) is 0 Å². The smallest absolute Gasteiger partial charge is 0.205 e. The molecule has 26 heavy (non-hydrogen) atoms. The molecule has 127 valence electrons. The molecule has 0 saturated carbocycles. The Morgan fingerprint density at radius 1 is 0.846 bits per heavy atom. The van der Waals surface area contributed by atoms with E-state index in [4.69, 9.17) is 0 Å². The van der Waals surface area contributed by atoms with Crippen molar-refractivity contribution in [2.24, 2.45) is 4.99 Å². The first-order chi connectivity index (χ1) is 12.2. The maximum atomic E-state index is 14.0. The van der Waals surface area contributed by atoms with E-state index in [2.05, 4.69) is 40.3 Å². The second-order valence-corrected chi connectivity index (χ2v) is 5.29. The topological polar surface area (TPSA) is 12.4 Å². The molecule has 0 aliphatic rings. The molecule has 0 bridgehead atoms. The van der Waals surface area contributed by atoms with Crippen LogP contribution in [0.3, 0.4) is 0 Å². The summed E-state index contributed by atoms with van der Waals surface area (Å²) in [6.45, 7) is 0. The minimum atomic E-state index is -0.784. The van der Waals surface area contributed by atoms with E-state index in [1.807, 2.05) is 36.4 Å². The molecule has 0 aliphatic carbocycles. The van der Waals surface area contributed by atoms with Gasteiger partial charge < -0.3 is 0 Å². The van der Waals surface area contributed by atoms with Crippen LogP contribution in [-0.4, -0.2) is 5.16 Å². The van der Waals surface area contributed by atoms with Gasteiger partial charge in [-0.25, -0.2) is 8.78 Å². The monoisotopic (exact) mass is 448 g/mol. The van der Waals surface area contributed by atoms with Gasteiger partial charge in [0.1, 0.15) is 11.6 Å². The van der Waals surface area contributed by atoms with Gasteiger partial charge in [-0.15, -0.1) is 5.56 Å². The Morgan fingerprint density at radius 3 is 2.00 bits per heavy atom. The van der Waals surface area contributed by atoms with E-state index in [-0.39, 0.29) is 30.7 Å². The molecule has 3 rings (SSSR count). The van der Waals surface area contributed by atoms with Crippen molar-refractivity contribution in [2.45, 2.75) is 0 Å². The number of rotatable bonds is 2. The molecule has 5 heteroatoms. The van der Waals surface area contributed by atoms with Gasteiger partial charge >= 0.3 is 19.5 Å². The summed E-state index contributed by atoms with van der Waals surface area (Å²) in [5.74, 6) is 3.74. The van der Waals surface area contributed by atoms with Gasteiger partial charge in [0.2, 0.25) is 0 Å². The predicted molar refractivity (Wildman–Crippen MR) is 97.7 cm³/mol. The maximum Gasteiger partial charge on any atom is 1.00 e. The molecule has 0 heterocycles. The van der Waals surface area contributed by atoms with E-state index in [9.17, 15) is 8.78 Å². The van der Waals surface area contributed by atoms with Crippen LogP contribution in [0.4, 0.5) is 14.5 Å². The second-order valence-electron chi connectivity index (χ2n) is 5.10. The summed E-state index contributed by atoms with van der Waals surface area (Å²) in [6.07, 6.45) is 0. The average Bonchev–Trinajstić information content (AvgIpc) is 2.62. The minimum absolute atomic E-state index is 0. The third-order valence-corrected chi connectivity index (χ3v) is 3.56. The number of isothiocyanates is 1. The van der Waals surface area contributed by atoms with Crippen LogP contribution < -0.4 is 0 Å². The summed E-state index contributed by atoms with van der Waals surface area (Å²) in [5, 5.41) is 2.07. The number of benzene rings is 3. The van der Waals surface area contributed by atoms with Crippen molar-refractivity contribution in [3.8, 4) is 23.0 Å². The standard InChI is InChI=1S/C21H10F2NS.Ru/c22-20-12-18(24-14-25)13-21(23)19(20)11-8-15-6-9-17(10-7-15)16-4-2-1-3-5-16;/h2-7,9-10,12-13H;/q-1;+1. The van der Waals surface area contributed by atoms with Gasteiger partial charge in [0.15, 0.2) is 0 Å². The number of hydrogen-bond acceptors (Lipinski definition) is 2. The SMILES string of the molecule is Fc1cc(N=C=S)cc(F)c1C#Cc1ccc(-c2cc[c-]cc2)cc1.[Ru+]. The summed E-state index contributed by atoms with van der Waals surface area (Å²) in [5.41, 5.74) is 2.52. The van der Waals surface area contributed by atoms with Gasteiger partial charge in [0, 0.05) is 17.7 Å². The molecule has 0 amide bonds. The summed E-state index contributed by atoms with van der Waals surface area (Å²) in [7, 11) is 0. The fourth-order valence-corrected chi connectivity index (χ4v) is 2.36. The van der Waals surface area contributed by atoms with E-state index < -0.39 is 11.6 Å². The number of nitrogens with zero attached hydrogens (tertiary/aromatic N) is 1. The van der Waals surface area contributed by atoms with E-state index in [0.717, 1.165) is 23.3 Å². The molecule has 0 atom stereocenters. The quantitative estimate of drug-likeness (QED) is 0.165. The first-order valence-corrected chi connectivity index (χ1v) is 7.73. The summed E-state index contributed by atoms with van der Waals surface area (Å²) in [6, 6.07) is 20.1. The molecule has 0 spiro atoms. The summed E-state index contributed by atoms with van der Waals surface area (Å²) in [4.78, 5) is 3.56. The molecule has 1 nitrogen and oxygen atoms in total. The molecule has 1 radical (unpaired) electrons. The molecule has 0 N–H and O–H groups in total. The van der Waals surface area contributed by atoms with Crippen molar-refractivity contribution in [3.63, 3.8) is 0 Å². The Labute approximate surface area is 168 Å². The molecule has 0 saturated heterocycles. The van der Waals surface area contributed by atoms with Gasteiger partial charge in [-0.05, 0) is 29.9 Å². The second kappa shape index (κ2) is 9.27. The first kappa shape index (κ1) is 19.8. The normalized spacial score (nSPS) is 9.31. The fraction of sp³-hybridized carbons (Fsp3) is 0. The maximum absolute atomic E-state index is 14.0. The van der Waals surface area contributed by atoms with E-state index in [1.54, 1.807) is 12.1 Å².